The first-order chi connectivity index (χ1) is 33.1. The van der Waals surface area contributed by atoms with Crippen LogP contribution in [0.2, 0.25) is 5.02 Å². The number of anilines is 3. The number of piperidine rings is 1. The van der Waals surface area contributed by atoms with Gasteiger partial charge in [0.25, 0.3) is 5.91 Å². The van der Waals surface area contributed by atoms with Crippen LogP contribution in [0.4, 0.5) is 26.1 Å². The average molecular weight is 944 g/mol. The zero-order valence-electron chi connectivity index (χ0n) is 36.4. The topological polar surface area (TPSA) is 207 Å². The first-order valence-electron chi connectivity index (χ1n) is 21.9. The van der Waals surface area contributed by atoms with Crippen LogP contribution in [0.5, 0.6) is 0 Å². The van der Waals surface area contributed by atoms with E-state index in [1.807, 2.05) is 30.5 Å². The van der Waals surface area contributed by atoms with E-state index in [2.05, 4.69) is 41.6 Å². The van der Waals surface area contributed by atoms with E-state index in [-0.39, 0.29) is 61.5 Å². The molecule has 3 aliphatic rings. The maximum absolute atomic E-state index is 14.9. The summed E-state index contributed by atoms with van der Waals surface area (Å²) in [7, 11) is 0. The normalized spacial score (nSPS) is 15.3. The van der Waals surface area contributed by atoms with Gasteiger partial charge in [0.2, 0.25) is 23.7 Å². The molecule has 4 amide bonds. The zero-order chi connectivity index (χ0) is 47.1. The molecule has 20 heteroatoms. The molecule has 4 aromatic carbocycles. The molecule has 0 radical (unpaired) electrons. The monoisotopic (exact) mass is 943 g/mol. The van der Waals surface area contributed by atoms with Crippen LogP contribution in [-0.2, 0) is 43.5 Å². The molecule has 0 spiro atoms. The maximum atomic E-state index is 14.9. The molecule has 0 aliphatic carbocycles. The molecule has 3 aliphatic heterocycles. The lowest BCUT2D eigenvalue weighted by Crippen LogP contribution is -2.52. The number of hydrogen-bond acceptors (Lipinski definition) is 13. The minimum Gasteiger partial charge on any atom is -0.379 e. The Hall–Kier alpha value is -7.32. The van der Waals surface area contributed by atoms with Crippen molar-refractivity contribution >= 4 is 58.3 Å². The zero-order valence-corrected chi connectivity index (χ0v) is 37.2. The van der Waals surface area contributed by atoms with Crippen molar-refractivity contribution in [3.8, 4) is 22.5 Å². The second-order valence-corrected chi connectivity index (χ2v) is 16.6. The van der Waals surface area contributed by atoms with Crippen molar-refractivity contribution < 1.29 is 37.4 Å². The predicted molar refractivity (Wildman–Crippen MR) is 247 cm³/mol. The summed E-state index contributed by atoms with van der Waals surface area (Å²) in [4.78, 5) is 64.6. The van der Waals surface area contributed by atoms with Gasteiger partial charge in [-0.3, -0.25) is 29.5 Å². The Labute approximate surface area is 393 Å². The molecule has 348 valence electrons. The quantitative estimate of drug-likeness (QED) is 0.0593. The molecule has 4 N–H and O–H groups in total. The number of benzene rings is 4. The lowest BCUT2D eigenvalue weighted by atomic mass is 9.95. The summed E-state index contributed by atoms with van der Waals surface area (Å²) < 4.78 is 43.0. The van der Waals surface area contributed by atoms with Gasteiger partial charge in [-0.25, -0.2) is 23.4 Å². The third-order valence-corrected chi connectivity index (χ3v) is 11.7. The summed E-state index contributed by atoms with van der Waals surface area (Å²) >= 11 is 6.36. The van der Waals surface area contributed by atoms with Crippen molar-refractivity contribution in [1.82, 2.24) is 40.5 Å². The van der Waals surface area contributed by atoms with Gasteiger partial charge in [0.05, 0.1) is 62.6 Å². The van der Waals surface area contributed by atoms with Gasteiger partial charge in [-0.1, -0.05) is 41.1 Å². The highest BCUT2D eigenvalue weighted by Crippen LogP contribution is 2.35. The van der Waals surface area contributed by atoms with Gasteiger partial charge < -0.3 is 30.3 Å². The third kappa shape index (κ3) is 10.5. The fourth-order valence-corrected chi connectivity index (χ4v) is 8.33. The molecule has 1 fully saturated rings. The molecule has 1 atom stereocenters. The molecular weight excluding hydrogens is 900 g/mol. The van der Waals surface area contributed by atoms with Crippen LogP contribution in [0.15, 0.2) is 96.2 Å². The van der Waals surface area contributed by atoms with Crippen molar-refractivity contribution in [1.29, 1.82) is 0 Å². The van der Waals surface area contributed by atoms with Crippen molar-refractivity contribution in [2.45, 2.75) is 44.9 Å². The number of halogens is 3. The van der Waals surface area contributed by atoms with E-state index in [0.717, 1.165) is 11.3 Å². The van der Waals surface area contributed by atoms with Crippen molar-refractivity contribution in [3.05, 3.63) is 136 Å². The summed E-state index contributed by atoms with van der Waals surface area (Å²) in [6.45, 7) is 3.22. The summed E-state index contributed by atoms with van der Waals surface area (Å²) in [5.74, 6) is -2.44. The summed E-state index contributed by atoms with van der Waals surface area (Å²) in [5.41, 5.74) is 6.26. The summed E-state index contributed by atoms with van der Waals surface area (Å²) in [6, 6.07) is 20.7. The van der Waals surface area contributed by atoms with Gasteiger partial charge in [0.1, 0.15) is 23.4 Å². The van der Waals surface area contributed by atoms with Crippen LogP contribution in [0.3, 0.4) is 0 Å². The molecule has 1 unspecified atom stereocenters. The Morgan fingerprint density at radius 1 is 0.882 bits per heavy atom. The smallest absolute Gasteiger partial charge is 0.255 e. The second-order valence-electron chi connectivity index (χ2n) is 16.2. The van der Waals surface area contributed by atoms with Gasteiger partial charge in [-0.05, 0) is 79.5 Å². The number of aromatic nitrogens is 5. The molecule has 2 aromatic heterocycles. The van der Waals surface area contributed by atoms with E-state index in [9.17, 15) is 28.0 Å². The Morgan fingerprint density at radius 2 is 1.66 bits per heavy atom. The largest absolute Gasteiger partial charge is 0.379 e. The number of rotatable bonds is 18. The molecule has 5 heterocycles. The second kappa shape index (κ2) is 20.7. The van der Waals surface area contributed by atoms with Gasteiger partial charge in [-0.2, -0.15) is 0 Å². The number of carbonyl (C=O) groups is 4. The number of carbonyl (C=O) groups excluding carboxylic acids is 4. The molecule has 9 rings (SSSR count). The first-order valence-corrected chi connectivity index (χ1v) is 22.3. The number of nitrogens with zero attached hydrogens (tertiary/aromatic N) is 7. The van der Waals surface area contributed by atoms with Crippen LogP contribution in [0, 0.1) is 11.6 Å². The van der Waals surface area contributed by atoms with E-state index in [4.69, 9.17) is 26.1 Å². The molecule has 17 nitrogen and oxygen atoms in total. The van der Waals surface area contributed by atoms with Gasteiger partial charge >= 0.3 is 0 Å². The van der Waals surface area contributed by atoms with Gasteiger partial charge in [-0.15, -0.1) is 5.10 Å². The Kier molecular flexibility index (Phi) is 13.9. The molecule has 6 aromatic rings. The average Bonchev–Trinajstić information content (AvgIpc) is 3.89. The fraction of sp³-hybridized carbons (Fsp3) is 0.271. The van der Waals surface area contributed by atoms with Crippen molar-refractivity contribution in [3.63, 3.8) is 0 Å². The van der Waals surface area contributed by atoms with Crippen LogP contribution in [0.1, 0.15) is 51.9 Å². The summed E-state index contributed by atoms with van der Waals surface area (Å²) in [5, 5.41) is 20.4. The number of aliphatic imine (C=N–C) groups is 1. The minimum absolute atomic E-state index is 0.0953. The SMILES string of the molecule is O=C1CCC(N2Cc3cc(NC(=O)CNCCCOCCOCCn4cc(-c5ccc(Nc6ncc7c(n6)-c6ccc(Cl)cc6C(c6c(F)cccc6F)=NC7)cc5)nn4)ccc3C2=O)C(=O)N1. The van der Waals surface area contributed by atoms with E-state index in [1.54, 1.807) is 47.3 Å². The van der Waals surface area contributed by atoms with Crippen LogP contribution >= 0.6 is 11.6 Å². The number of ether oxygens (including phenoxy) is 2. The van der Waals surface area contributed by atoms with E-state index >= 15 is 0 Å². The van der Waals surface area contributed by atoms with E-state index < -0.39 is 23.6 Å². The van der Waals surface area contributed by atoms with Crippen LogP contribution in [-0.4, -0.2) is 105 Å². The number of amides is 4. The first kappa shape index (κ1) is 45.8. The fourth-order valence-electron chi connectivity index (χ4n) is 8.15. The molecule has 0 bridgehead atoms. The lowest BCUT2D eigenvalue weighted by molar-refractivity contribution is -0.137. The highest BCUT2D eigenvalue weighted by atomic mass is 35.5. The lowest BCUT2D eigenvalue weighted by Gasteiger charge is -2.29. The number of imide groups is 1. The van der Waals surface area contributed by atoms with E-state index in [0.29, 0.717) is 102 Å². The molecule has 0 saturated carbocycles. The van der Waals surface area contributed by atoms with Crippen molar-refractivity contribution in [2.24, 2.45) is 4.99 Å². The molecule has 1 saturated heterocycles. The van der Waals surface area contributed by atoms with Crippen LogP contribution < -0.4 is 21.3 Å². The number of fused-ring (bicyclic) bond motifs is 4. The van der Waals surface area contributed by atoms with Crippen molar-refractivity contribution in [2.75, 3.05) is 50.2 Å². The van der Waals surface area contributed by atoms with Gasteiger partial charge in [0.15, 0.2) is 0 Å². The standard InChI is InChI=1S/C48H44ClF2N11O6/c49-31-7-11-35-36(22-31)45(43-37(50)3-1-4-38(43)51)53-23-30-24-54-48(58-44(30)35)56-32-8-5-28(6-9-32)39-27-61(60-59-39)16-18-68-20-19-67-17-2-15-52-25-42(64)55-33-10-12-34-29(21-33)26-62(47(34)66)40-13-14-41(63)57-46(40)65/h1,3-12,21-22,24,27,40,52H,2,13-20,23,25-26H2,(H,55,64)(H,54,56,58)(H,57,63,65). The van der Waals surface area contributed by atoms with E-state index in [1.165, 1.54) is 23.1 Å². The predicted octanol–water partition coefficient (Wildman–Crippen LogP) is 5.84. The molecule has 68 heavy (non-hydrogen) atoms. The van der Waals surface area contributed by atoms with Crippen LogP contribution in [0.25, 0.3) is 22.5 Å². The highest BCUT2D eigenvalue weighted by Gasteiger charge is 2.39. The van der Waals surface area contributed by atoms with Gasteiger partial charge in [0, 0.05) is 70.0 Å². The Bertz CT molecular complexity index is 2910. The minimum atomic E-state index is -0.726. The Morgan fingerprint density at radius 3 is 2.47 bits per heavy atom. The third-order valence-electron chi connectivity index (χ3n) is 11.5. The Balaban J connectivity index is 0.662. The summed E-state index contributed by atoms with van der Waals surface area (Å²) in [6.07, 6.45) is 4.65. The highest BCUT2D eigenvalue weighted by molar-refractivity contribution is 6.31. The maximum Gasteiger partial charge on any atom is 0.255 e. The number of nitrogens with one attached hydrogen (secondary N) is 4. The number of hydrogen-bond donors (Lipinski definition) is 4. The molecular formula is C48H44ClF2N11O6.